The Balaban J connectivity index is 2.67. The maximum atomic E-state index is 13.3. The van der Waals surface area contributed by atoms with Crippen molar-refractivity contribution in [2.75, 3.05) is 0 Å². The average Bonchev–Trinajstić information content (AvgIpc) is 2.39. The number of aliphatic carboxylic acids is 1. The van der Waals surface area contributed by atoms with Crippen molar-refractivity contribution in [3.05, 3.63) is 53.5 Å². The Labute approximate surface area is 116 Å². The number of alkyl halides is 3. The van der Waals surface area contributed by atoms with Gasteiger partial charge in [0, 0.05) is 5.56 Å². The first-order valence-corrected chi connectivity index (χ1v) is 5.83. The summed E-state index contributed by atoms with van der Waals surface area (Å²) in [7, 11) is 0. The predicted octanol–water partition coefficient (Wildman–Crippen LogP) is 3.53. The summed E-state index contributed by atoms with van der Waals surface area (Å²) in [6.07, 6.45) is -5.19. The zero-order valence-corrected chi connectivity index (χ0v) is 10.5. The van der Waals surface area contributed by atoms with Crippen LogP contribution in [-0.4, -0.2) is 16.1 Å². The molecule has 1 aromatic carbocycles. The van der Waals surface area contributed by atoms with Crippen LogP contribution < -0.4 is 0 Å². The van der Waals surface area contributed by atoms with E-state index >= 15 is 0 Å². The highest BCUT2D eigenvalue weighted by Crippen LogP contribution is 2.37. The number of nitrogens with zero attached hydrogens (tertiary/aromatic N) is 1. The molecule has 0 atom stereocenters. The number of carbonyl (C=O) groups is 1. The molecule has 1 heterocycles. The molecule has 7 heteroatoms. The average molecular weight is 299 g/mol. The number of carboxylic acids is 1. The van der Waals surface area contributed by atoms with Gasteiger partial charge in [0.05, 0.1) is 17.7 Å². The van der Waals surface area contributed by atoms with E-state index in [1.807, 2.05) is 0 Å². The number of rotatable bonds is 3. The third kappa shape index (κ3) is 3.36. The number of carboxylic acid groups (broad SMARTS) is 1. The first-order valence-electron chi connectivity index (χ1n) is 5.83. The largest absolute Gasteiger partial charge is 0.481 e. The van der Waals surface area contributed by atoms with Crippen LogP contribution in [0, 0.1) is 5.95 Å². The summed E-state index contributed by atoms with van der Waals surface area (Å²) in [4.78, 5) is 14.2. The van der Waals surface area contributed by atoms with Crippen molar-refractivity contribution < 1.29 is 27.5 Å². The smallest absolute Gasteiger partial charge is 0.417 e. The lowest BCUT2D eigenvalue weighted by Crippen LogP contribution is -2.10. The molecule has 0 unspecified atom stereocenters. The summed E-state index contributed by atoms with van der Waals surface area (Å²) in [5, 5.41) is 8.79. The molecule has 21 heavy (non-hydrogen) atoms. The van der Waals surface area contributed by atoms with E-state index in [9.17, 15) is 22.4 Å². The Morgan fingerprint density at radius 2 is 1.81 bits per heavy atom. The third-order valence-corrected chi connectivity index (χ3v) is 2.77. The Morgan fingerprint density at radius 1 is 1.14 bits per heavy atom. The lowest BCUT2D eigenvalue weighted by molar-refractivity contribution is -0.137. The molecular weight excluding hydrogens is 290 g/mol. The number of hydrogen-bond acceptors (Lipinski definition) is 2. The molecule has 2 aromatic rings. The van der Waals surface area contributed by atoms with Crippen LogP contribution in [0.4, 0.5) is 17.6 Å². The van der Waals surface area contributed by atoms with Gasteiger partial charge in [-0.25, -0.2) is 4.98 Å². The maximum absolute atomic E-state index is 13.3. The van der Waals surface area contributed by atoms with Crippen LogP contribution in [0.5, 0.6) is 0 Å². The molecular formula is C14H9F4NO2. The van der Waals surface area contributed by atoms with Crippen LogP contribution in [0.15, 0.2) is 36.4 Å². The molecule has 0 spiro atoms. The van der Waals surface area contributed by atoms with Crippen LogP contribution in [0.1, 0.15) is 11.1 Å². The van der Waals surface area contributed by atoms with Crippen molar-refractivity contribution in [1.29, 1.82) is 0 Å². The number of hydrogen-bond donors (Lipinski definition) is 1. The molecule has 1 N–H and O–H groups in total. The number of halogens is 4. The molecule has 0 aliphatic heterocycles. The third-order valence-electron chi connectivity index (χ3n) is 2.77. The Kier molecular flexibility index (Phi) is 3.93. The molecule has 1 aromatic heterocycles. The van der Waals surface area contributed by atoms with Crippen molar-refractivity contribution in [3.8, 4) is 11.3 Å². The molecule has 2 rings (SSSR count). The normalized spacial score (nSPS) is 11.4. The maximum Gasteiger partial charge on any atom is 0.417 e. The Morgan fingerprint density at radius 3 is 2.43 bits per heavy atom. The van der Waals surface area contributed by atoms with E-state index in [0.29, 0.717) is 0 Å². The van der Waals surface area contributed by atoms with Gasteiger partial charge in [0.15, 0.2) is 0 Å². The van der Waals surface area contributed by atoms with Crippen molar-refractivity contribution in [2.45, 2.75) is 12.6 Å². The van der Waals surface area contributed by atoms with Crippen LogP contribution in [-0.2, 0) is 17.4 Å². The van der Waals surface area contributed by atoms with Gasteiger partial charge < -0.3 is 5.11 Å². The van der Waals surface area contributed by atoms with E-state index < -0.39 is 30.1 Å². The molecule has 0 bridgehead atoms. The fraction of sp³-hybridized carbons (Fsp3) is 0.143. The SMILES string of the molecule is O=C(O)Cc1ccc(F)nc1-c1ccccc1C(F)(F)F. The van der Waals surface area contributed by atoms with Crippen LogP contribution in [0.3, 0.4) is 0 Å². The van der Waals surface area contributed by atoms with Gasteiger partial charge in [-0.2, -0.15) is 17.6 Å². The van der Waals surface area contributed by atoms with Crippen LogP contribution in [0.2, 0.25) is 0 Å². The molecule has 0 saturated carbocycles. The first-order chi connectivity index (χ1) is 9.79. The quantitative estimate of drug-likeness (QED) is 0.696. The molecule has 0 aliphatic rings. The van der Waals surface area contributed by atoms with Crippen LogP contribution >= 0.6 is 0 Å². The molecule has 0 aliphatic carbocycles. The summed E-state index contributed by atoms with van der Waals surface area (Å²) >= 11 is 0. The first kappa shape index (κ1) is 15.0. The summed E-state index contributed by atoms with van der Waals surface area (Å²) in [5.74, 6) is -2.22. The van der Waals surface area contributed by atoms with Crippen molar-refractivity contribution in [3.63, 3.8) is 0 Å². The molecule has 3 nitrogen and oxygen atoms in total. The van der Waals surface area contributed by atoms with E-state index in [1.54, 1.807) is 0 Å². The second-order valence-corrected chi connectivity index (χ2v) is 4.26. The van der Waals surface area contributed by atoms with E-state index in [2.05, 4.69) is 4.98 Å². The van der Waals surface area contributed by atoms with Gasteiger partial charge in [0.25, 0.3) is 0 Å². The summed E-state index contributed by atoms with van der Waals surface area (Å²) in [5.41, 5.74) is -1.64. The van der Waals surface area contributed by atoms with Gasteiger partial charge in [0.2, 0.25) is 5.95 Å². The van der Waals surface area contributed by atoms with Gasteiger partial charge in [-0.1, -0.05) is 24.3 Å². The number of benzene rings is 1. The highest BCUT2D eigenvalue weighted by Gasteiger charge is 2.34. The van der Waals surface area contributed by atoms with E-state index in [0.717, 1.165) is 24.3 Å². The topological polar surface area (TPSA) is 50.2 Å². The fourth-order valence-corrected chi connectivity index (χ4v) is 1.94. The fourth-order valence-electron chi connectivity index (χ4n) is 1.94. The second-order valence-electron chi connectivity index (χ2n) is 4.26. The minimum Gasteiger partial charge on any atom is -0.481 e. The van der Waals surface area contributed by atoms with Gasteiger partial charge >= 0.3 is 12.1 Å². The Hall–Kier alpha value is -2.44. The van der Waals surface area contributed by atoms with Crippen molar-refractivity contribution >= 4 is 5.97 Å². The molecule has 0 amide bonds. The zero-order valence-electron chi connectivity index (χ0n) is 10.5. The summed E-state index contributed by atoms with van der Waals surface area (Å²) in [6.45, 7) is 0. The minimum atomic E-state index is -4.65. The molecule has 0 saturated heterocycles. The monoisotopic (exact) mass is 299 g/mol. The van der Waals surface area contributed by atoms with E-state index in [1.165, 1.54) is 12.1 Å². The predicted molar refractivity (Wildman–Crippen MR) is 66.0 cm³/mol. The Bertz CT molecular complexity index is 683. The second kappa shape index (κ2) is 5.51. The zero-order chi connectivity index (χ0) is 15.6. The van der Waals surface area contributed by atoms with Gasteiger partial charge in [-0.05, 0) is 17.7 Å². The lowest BCUT2D eigenvalue weighted by atomic mass is 9.98. The van der Waals surface area contributed by atoms with Crippen LogP contribution in [0.25, 0.3) is 11.3 Å². The lowest BCUT2D eigenvalue weighted by Gasteiger charge is -2.14. The number of aromatic nitrogens is 1. The van der Waals surface area contributed by atoms with Crippen molar-refractivity contribution in [2.24, 2.45) is 0 Å². The van der Waals surface area contributed by atoms with Crippen molar-refractivity contribution in [1.82, 2.24) is 4.98 Å². The van der Waals surface area contributed by atoms with E-state index in [-0.39, 0.29) is 16.8 Å². The van der Waals surface area contributed by atoms with Gasteiger partial charge in [-0.15, -0.1) is 0 Å². The summed E-state index contributed by atoms with van der Waals surface area (Å²) < 4.78 is 52.2. The molecule has 110 valence electrons. The van der Waals surface area contributed by atoms with E-state index in [4.69, 9.17) is 5.11 Å². The number of pyridine rings is 1. The standard InChI is InChI=1S/C14H9F4NO2/c15-11-6-5-8(7-12(20)21)13(19-11)9-3-1-2-4-10(9)14(16,17)18/h1-6H,7H2,(H,20,21). The molecule has 0 radical (unpaired) electrons. The summed E-state index contributed by atoms with van der Waals surface area (Å²) in [6, 6.07) is 6.56. The highest BCUT2D eigenvalue weighted by atomic mass is 19.4. The minimum absolute atomic E-state index is 0.0144. The molecule has 0 fully saturated rings. The highest BCUT2D eigenvalue weighted by molar-refractivity contribution is 5.76. The van der Waals surface area contributed by atoms with Gasteiger partial charge in [-0.3, -0.25) is 4.79 Å². The van der Waals surface area contributed by atoms with Gasteiger partial charge in [0.1, 0.15) is 0 Å².